The number of aryl methyl sites for hydroxylation is 2. The summed E-state index contributed by atoms with van der Waals surface area (Å²) in [5, 5.41) is 2.83. The molecule has 0 atom stereocenters. The van der Waals surface area contributed by atoms with Gasteiger partial charge >= 0.3 is 0 Å². The van der Waals surface area contributed by atoms with Crippen molar-refractivity contribution in [3.05, 3.63) is 53.3 Å². The Kier molecular flexibility index (Phi) is 3.28. The molecule has 0 aliphatic carbocycles. The van der Waals surface area contributed by atoms with Crippen molar-refractivity contribution in [2.45, 2.75) is 13.8 Å². The highest BCUT2D eigenvalue weighted by Crippen LogP contribution is 2.18. The zero-order valence-corrected chi connectivity index (χ0v) is 10.4. The van der Waals surface area contributed by atoms with E-state index >= 15 is 0 Å². The van der Waals surface area contributed by atoms with Gasteiger partial charge in [-0.15, -0.1) is 0 Å². The van der Waals surface area contributed by atoms with Crippen LogP contribution in [-0.2, 0) is 0 Å². The third-order valence-corrected chi connectivity index (χ3v) is 2.70. The zero-order chi connectivity index (χ0) is 13.1. The predicted octanol–water partition coefficient (Wildman–Crippen LogP) is 2.53. The van der Waals surface area contributed by atoms with E-state index in [0.717, 1.165) is 16.8 Å². The summed E-state index contributed by atoms with van der Waals surface area (Å²) >= 11 is 0. The predicted molar refractivity (Wildman–Crippen MR) is 72.5 cm³/mol. The zero-order valence-electron chi connectivity index (χ0n) is 10.4. The lowest BCUT2D eigenvalue weighted by Crippen LogP contribution is -2.16. The number of anilines is 2. The fraction of sp³-hybridized carbons (Fsp3) is 0.143. The van der Waals surface area contributed by atoms with Crippen LogP contribution in [0.1, 0.15) is 21.6 Å². The lowest BCUT2D eigenvalue weighted by atomic mass is 10.1. The van der Waals surface area contributed by atoms with Crippen LogP contribution >= 0.6 is 0 Å². The van der Waals surface area contributed by atoms with E-state index in [1.807, 2.05) is 32.0 Å². The van der Waals surface area contributed by atoms with Crippen LogP contribution in [-0.4, -0.2) is 10.9 Å². The number of nitrogens with one attached hydrogen (secondary N) is 1. The second kappa shape index (κ2) is 4.87. The molecule has 2 rings (SSSR count). The van der Waals surface area contributed by atoms with E-state index in [2.05, 4.69) is 10.3 Å². The van der Waals surface area contributed by atoms with E-state index in [1.165, 1.54) is 0 Å². The third-order valence-electron chi connectivity index (χ3n) is 2.70. The smallest absolute Gasteiger partial charge is 0.276 e. The minimum Gasteiger partial charge on any atom is -0.397 e. The maximum absolute atomic E-state index is 12.0. The molecule has 0 aliphatic rings. The van der Waals surface area contributed by atoms with Crippen LogP contribution in [0.5, 0.6) is 0 Å². The molecule has 1 aromatic heterocycles. The second-order valence-electron chi connectivity index (χ2n) is 4.21. The third kappa shape index (κ3) is 2.48. The fourth-order valence-electron chi connectivity index (χ4n) is 1.66. The molecule has 0 bridgehead atoms. The number of nitrogen functional groups attached to an aromatic ring is 1. The van der Waals surface area contributed by atoms with E-state index in [-0.39, 0.29) is 11.6 Å². The average molecular weight is 241 g/mol. The van der Waals surface area contributed by atoms with Crippen LogP contribution in [0.25, 0.3) is 0 Å². The highest BCUT2D eigenvalue weighted by molar-refractivity contribution is 6.06. The molecule has 0 fully saturated rings. The van der Waals surface area contributed by atoms with Crippen molar-refractivity contribution in [3.63, 3.8) is 0 Å². The number of amides is 1. The van der Waals surface area contributed by atoms with Gasteiger partial charge in [-0.3, -0.25) is 4.79 Å². The normalized spacial score (nSPS) is 10.1. The maximum atomic E-state index is 12.0. The van der Waals surface area contributed by atoms with E-state index < -0.39 is 0 Å². The summed E-state index contributed by atoms with van der Waals surface area (Å²) in [6.45, 7) is 3.92. The summed E-state index contributed by atoms with van der Waals surface area (Å²) in [5.74, 6) is -0.290. The standard InChI is InChI=1S/C14H15N3O/c1-9-5-6-10(2)12(8-9)17-14(18)13-11(15)4-3-7-16-13/h3-8H,15H2,1-2H3,(H,17,18). The maximum Gasteiger partial charge on any atom is 0.276 e. The Morgan fingerprint density at radius 1 is 1.28 bits per heavy atom. The lowest BCUT2D eigenvalue weighted by Gasteiger charge is -2.09. The Morgan fingerprint density at radius 3 is 2.78 bits per heavy atom. The number of carbonyl (C=O) groups is 1. The molecular formula is C14H15N3O. The van der Waals surface area contributed by atoms with Crippen molar-refractivity contribution in [2.75, 3.05) is 11.1 Å². The molecule has 0 aliphatic heterocycles. The molecule has 0 saturated carbocycles. The number of aromatic nitrogens is 1. The first-order chi connectivity index (χ1) is 8.58. The summed E-state index contributed by atoms with van der Waals surface area (Å²) < 4.78 is 0. The van der Waals surface area contributed by atoms with E-state index in [4.69, 9.17) is 5.73 Å². The molecule has 92 valence electrons. The van der Waals surface area contributed by atoms with Crippen LogP contribution < -0.4 is 11.1 Å². The van der Waals surface area contributed by atoms with Gasteiger partial charge in [0.1, 0.15) is 0 Å². The minimum absolute atomic E-state index is 0.249. The van der Waals surface area contributed by atoms with Gasteiger partial charge in [-0.25, -0.2) is 4.98 Å². The summed E-state index contributed by atoms with van der Waals surface area (Å²) in [7, 11) is 0. The number of nitrogens with zero attached hydrogens (tertiary/aromatic N) is 1. The molecule has 1 amide bonds. The molecule has 4 heteroatoms. The van der Waals surface area contributed by atoms with Crippen molar-refractivity contribution in [1.82, 2.24) is 4.98 Å². The quantitative estimate of drug-likeness (QED) is 0.849. The summed E-state index contributed by atoms with van der Waals surface area (Å²) in [6.07, 6.45) is 1.55. The van der Waals surface area contributed by atoms with Crippen molar-refractivity contribution in [3.8, 4) is 0 Å². The summed E-state index contributed by atoms with van der Waals surface area (Å²) in [5.41, 5.74) is 9.22. The first-order valence-corrected chi connectivity index (χ1v) is 5.67. The summed E-state index contributed by atoms with van der Waals surface area (Å²) in [4.78, 5) is 16.0. The number of hydrogen-bond donors (Lipinski definition) is 2. The Labute approximate surface area is 106 Å². The minimum atomic E-state index is -0.290. The number of hydrogen-bond acceptors (Lipinski definition) is 3. The Hall–Kier alpha value is -2.36. The SMILES string of the molecule is Cc1ccc(C)c(NC(=O)c2ncccc2N)c1. The molecule has 1 heterocycles. The van der Waals surface area contributed by atoms with Gasteiger partial charge in [0.25, 0.3) is 5.91 Å². The van der Waals surface area contributed by atoms with Gasteiger partial charge < -0.3 is 11.1 Å². The first kappa shape index (κ1) is 12.1. The fourth-order valence-corrected chi connectivity index (χ4v) is 1.66. The molecule has 18 heavy (non-hydrogen) atoms. The van der Waals surface area contributed by atoms with Gasteiger partial charge in [0.05, 0.1) is 5.69 Å². The van der Waals surface area contributed by atoms with E-state index in [1.54, 1.807) is 18.3 Å². The molecule has 2 aromatic rings. The van der Waals surface area contributed by atoms with Crippen LogP contribution in [0.3, 0.4) is 0 Å². The number of carbonyl (C=O) groups excluding carboxylic acids is 1. The van der Waals surface area contributed by atoms with Gasteiger partial charge in [0, 0.05) is 11.9 Å². The molecule has 0 radical (unpaired) electrons. The summed E-state index contributed by atoms with van der Waals surface area (Å²) in [6, 6.07) is 9.24. The van der Waals surface area contributed by atoms with Gasteiger partial charge in [-0.2, -0.15) is 0 Å². The van der Waals surface area contributed by atoms with Crippen molar-refractivity contribution in [2.24, 2.45) is 0 Å². The average Bonchev–Trinajstić information content (AvgIpc) is 2.34. The number of nitrogens with two attached hydrogens (primary N) is 1. The van der Waals surface area contributed by atoms with Crippen LogP contribution in [0.2, 0.25) is 0 Å². The first-order valence-electron chi connectivity index (χ1n) is 5.67. The highest BCUT2D eigenvalue weighted by Gasteiger charge is 2.11. The molecule has 3 N–H and O–H groups in total. The van der Waals surface area contributed by atoms with Crippen LogP contribution in [0.4, 0.5) is 11.4 Å². The highest BCUT2D eigenvalue weighted by atomic mass is 16.1. The lowest BCUT2D eigenvalue weighted by molar-refractivity contribution is 0.102. The van der Waals surface area contributed by atoms with Gasteiger partial charge in [-0.05, 0) is 43.2 Å². The Balaban J connectivity index is 2.27. The molecule has 1 aromatic carbocycles. The van der Waals surface area contributed by atoms with Crippen LogP contribution in [0.15, 0.2) is 36.5 Å². The molecule has 0 unspecified atom stereocenters. The van der Waals surface area contributed by atoms with E-state index in [9.17, 15) is 4.79 Å². The van der Waals surface area contributed by atoms with Crippen molar-refractivity contribution >= 4 is 17.3 Å². The van der Waals surface area contributed by atoms with Gasteiger partial charge in [-0.1, -0.05) is 12.1 Å². The van der Waals surface area contributed by atoms with Gasteiger partial charge in [0.2, 0.25) is 0 Å². The molecule has 0 saturated heterocycles. The molecule has 0 spiro atoms. The van der Waals surface area contributed by atoms with Gasteiger partial charge in [0.15, 0.2) is 5.69 Å². The second-order valence-corrected chi connectivity index (χ2v) is 4.21. The topological polar surface area (TPSA) is 68.0 Å². The van der Waals surface area contributed by atoms with Crippen LogP contribution in [0, 0.1) is 13.8 Å². The van der Waals surface area contributed by atoms with E-state index in [0.29, 0.717) is 5.69 Å². The molecular weight excluding hydrogens is 226 g/mol. The monoisotopic (exact) mass is 241 g/mol. The van der Waals surface area contributed by atoms with Crippen molar-refractivity contribution in [1.29, 1.82) is 0 Å². The largest absolute Gasteiger partial charge is 0.397 e. The number of rotatable bonds is 2. The molecule has 4 nitrogen and oxygen atoms in total. The van der Waals surface area contributed by atoms with Crippen molar-refractivity contribution < 1.29 is 4.79 Å². The number of benzene rings is 1. The Morgan fingerprint density at radius 2 is 2.06 bits per heavy atom. The number of pyridine rings is 1. The Bertz CT molecular complexity index is 593.